The quantitative estimate of drug-likeness (QED) is 0.408. The molecule has 0 amide bonds. The molecule has 0 rings (SSSR count). The van der Waals surface area contributed by atoms with Gasteiger partial charge in [0, 0.05) is 18.9 Å². The lowest BCUT2D eigenvalue weighted by molar-refractivity contribution is 0.00877. The smallest absolute Gasteiger partial charge is 0.0795 e. The predicted octanol–water partition coefficient (Wildman–Crippen LogP) is -1.28. The highest BCUT2D eigenvalue weighted by Gasteiger charge is 2.16. The SMILES string of the molecule is CC(CO)C(O)CC(O)CO. The van der Waals surface area contributed by atoms with Gasteiger partial charge in [-0.3, -0.25) is 0 Å². The molecule has 4 heteroatoms. The summed E-state index contributed by atoms with van der Waals surface area (Å²) >= 11 is 0. The van der Waals surface area contributed by atoms with E-state index in [1.165, 1.54) is 0 Å². The average Bonchev–Trinajstić information content (AvgIpc) is 2.02. The first kappa shape index (κ1) is 10.8. The molecule has 0 aromatic heterocycles. The molecule has 4 nitrogen and oxygen atoms in total. The van der Waals surface area contributed by atoms with Gasteiger partial charge in [-0.05, 0) is 0 Å². The molecule has 0 bridgehead atoms. The van der Waals surface area contributed by atoms with Crippen LogP contribution in [0.1, 0.15) is 13.3 Å². The van der Waals surface area contributed by atoms with Crippen LogP contribution in [0.5, 0.6) is 0 Å². The first-order valence-electron chi connectivity index (χ1n) is 3.69. The van der Waals surface area contributed by atoms with Crippen LogP contribution >= 0.6 is 0 Å². The fourth-order valence-corrected chi connectivity index (χ4v) is 0.707. The van der Waals surface area contributed by atoms with Gasteiger partial charge in [0.25, 0.3) is 0 Å². The lowest BCUT2D eigenvalue weighted by Crippen LogP contribution is -2.27. The molecule has 0 spiro atoms. The van der Waals surface area contributed by atoms with Crippen molar-refractivity contribution in [1.29, 1.82) is 0 Å². The minimum atomic E-state index is -0.890. The zero-order valence-corrected chi connectivity index (χ0v) is 6.64. The van der Waals surface area contributed by atoms with Crippen molar-refractivity contribution in [2.75, 3.05) is 13.2 Å². The summed E-state index contributed by atoms with van der Waals surface area (Å²) in [6.45, 7) is 1.21. The summed E-state index contributed by atoms with van der Waals surface area (Å²) in [4.78, 5) is 0. The van der Waals surface area contributed by atoms with Crippen LogP contribution in [0.4, 0.5) is 0 Å². The average molecular weight is 164 g/mol. The van der Waals surface area contributed by atoms with E-state index in [4.69, 9.17) is 15.3 Å². The first-order chi connectivity index (χ1) is 5.11. The second kappa shape index (κ2) is 5.49. The van der Waals surface area contributed by atoms with Crippen molar-refractivity contribution in [3.05, 3.63) is 0 Å². The Morgan fingerprint density at radius 1 is 1.09 bits per heavy atom. The van der Waals surface area contributed by atoms with Gasteiger partial charge in [0.2, 0.25) is 0 Å². The Hall–Kier alpha value is -0.160. The van der Waals surface area contributed by atoms with Crippen molar-refractivity contribution in [3.63, 3.8) is 0 Å². The summed E-state index contributed by atoms with van der Waals surface area (Å²) in [7, 11) is 0. The van der Waals surface area contributed by atoms with Gasteiger partial charge in [-0.2, -0.15) is 0 Å². The molecule has 0 aromatic carbocycles. The lowest BCUT2D eigenvalue weighted by atomic mass is 10.0. The third-order valence-electron chi connectivity index (χ3n) is 1.67. The van der Waals surface area contributed by atoms with Crippen molar-refractivity contribution >= 4 is 0 Å². The number of rotatable bonds is 5. The molecule has 0 radical (unpaired) electrons. The Morgan fingerprint density at radius 3 is 2.00 bits per heavy atom. The summed E-state index contributed by atoms with van der Waals surface area (Å²) in [5.41, 5.74) is 0. The van der Waals surface area contributed by atoms with Crippen molar-refractivity contribution in [1.82, 2.24) is 0 Å². The molecular formula is C7H16O4. The van der Waals surface area contributed by atoms with E-state index in [2.05, 4.69) is 0 Å². The minimum Gasteiger partial charge on any atom is -0.396 e. The van der Waals surface area contributed by atoms with Gasteiger partial charge in [-0.25, -0.2) is 0 Å². The molecule has 68 valence electrons. The van der Waals surface area contributed by atoms with E-state index in [1.807, 2.05) is 0 Å². The Balaban J connectivity index is 3.58. The maximum absolute atomic E-state index is 9.19. The highest BCUT2D eigenvalue weighted by Crippen LogP contribution is 2.08. The van der Waals surface area contributed by atoms with Crippen molar-refractivity contribution in [3.8, 4) is 0 Å². The molecule has 3 unspecified atom stereocenters. The first-order valence-corrected chi connectivity index (χ1v) is 3.69. The molecule has 0 saturated carbocycles. The summed E-state index contributed by atoms with van der Waals surface area (Å²) in [5, 5.41) is 35.1. The molecule has 11 heavy (non-hydrogen) atoms. The largest absolute Gasteiger partial charge is 0.396 e. The van der Waals surface area contributed by atoms with E-state index in [1.54, 1.807) is 6.92 Å². The number of aliphatic hydroxyl groups excluding tert-OH is 4. The van der Waals surface area contributed by atoms with E-state index in [0.29, 0.717) is 0 Å². The van der Waals surface area contributed by atoms with E-state index in [-0.39, 0.29) is 25.6 Å². The van der Waals surface area contributed by atoms with Crippen LogP contribution < -0.4 is 0 Å². The fraction of sp³-hybridized carbons (Fsp3) is 1.00. The Morgan fingerprint density at radius 2 is 1.64 bits per heavy atom. The fourth-order valence-electron chi connectivity index (χ4n) is 0.707. The Kier molecular flexibility index (Phi) is 5.41. The summed E-state index contributed by atoms with van der Waals surface area (Å²) in [5.74, 6) is -0.254. The summed E-state index contributed by atoms with van der Waals surface area (Å²) in [6.07, 6.45) is -1.53. The van der Waals surface area contributed by atoms with Crippen LogP contribution in [0.2, 0.25) is 0 Å². The van der Waals surface area contributed by atoms with Crippen molar-refractivity contribution in [2.45, 2.75) is 25.6 Å². The normalized spacial score (nSPS) is 19.4. The predicted molar refractivity (Wildman–Crippen MR) is 40.0 cm³/mol. The molecule has 0 fully saturated rings. The van der Waals surface area contributed by atoms with Crippen molar-refractivity contribution in [2.24, 2.45) is 5.92 Å². The lowest BCUT2D eigenvalue weighted by Gasteiger charge is -2.18. The van der Waals surface area contributed by atoms with E-state index in [0.717, 1.165) is 0 Å². The molecule has 3 atom stereocenters. The highest BCUT2D eigenvalue weighted by molar-refractivity contribution is 4.67. The van der Waals surface area contributed by atoms with Gasteiger partial charge in [0.1, 0.15) is 0 Å². The maximum atomic E-state index is 9.19. The zero-order valence-electron chi connectivity index (χ0n) is 6.64. The van der Waals surface area contributed by atoms with E-state index < -0.39 is 12.2 Å². The second-order valence-electron chi connectivity index (χ2n) is 2.80. The third-order valence-corrected chi connectivity index (χ3v) is 1.67. The van der Waals surface area contributed by atoms with E-state index in [9.17, 15) is 5.11 Å². The minimum absolute atomic E-state index is 0.109. The number of hydrogen-bond donors (Lipinski definition) is 4. The van der Waals surface area contributed by atoms with Crippen LogP contribution in [-0.2, 0) is 0 Å². The monoisotopic (exact) mass is 164 g/mol. The molecule has 0 aromatic rings. The molecule has 0 saturated heterocycles. The van der Waals surface area contributed by atoms with E-state index >= 15 is 0 Å². The highest BCUT2D eigenvalue weighted by atomic mass is 16.3. The van der Waals surface area contributed by atoms with Crippen LogP contribution in [0.15, 0.2) is 0 Å². The van der Waals surface area contributed by atoms with Gasteiger partial charge in [0.15, 0.2) is 0 Å². The maximum Gasteiger partial charge on any atom is 0.0795 e. The van der Waals surface area contributed by atoms with Gasteiger partial charge in [-0.1, -0.05) is 6.92 Å². The molecular weight excluding hydrogens is 148 g/mol. The topological polar surface area (TPSA) is 80.9 Å². The third kappa shape index (κ3) is 4.31. The summed E-state index contributed by atoms with van der Waals surface area (Å²) in [6, 6.07) is 0. The van der Waals surface area contributed by atoms with Crippen LogP contribution in [0.3, 0.4) is 0 Å². The van der Waals surface area contributed by atoms with Crippen LogP contribution in [0.25, 0.3) is 0 Å². The molecule has 0 aliphatic rings. The Labute approximate surface area is 66.1 Å². The summed E-state index contributed by atoms with van der Waals surface area (Å²) < 4.78 is 0. The number of hydrogen-bond acceptors (Lipinski definition) is 4. The standard InChI is InChI=1S/C7H16O4/c1-5(3-8)7(11)2-6(10)4-9/h5-11H,2-4H2,1H3. The number of aliphatic hydroxyl groups is 4. The molecule has 4 N–H and O–H groups in total. The second-order valence-corrected chi connectivity index (χ2v) is 2.80. The van der Waals surface area contributed by atoms with Crippen LogP contribution in [0, 0.1) is 5.92 Å². The molecule has 0 aliphatic carbocycles. The Bertz CT molecular complexity index is 96.4. The molecule has 0 heterocycles. The van der Waals surface area contributed by atoms with Gasteiger partial charge < -0.3 is 20.4 Å². The van der Waals surface area contributed by atoms with Gasteiger partial charge >= 0.3 is 0 Å². The van der Waals surface area contributed by atoms with Gasteiger partial charge in [-0.15, -0.1) is 0 Å². The van der Waals surface area contributed by atoms with Crippen LogP contribution in [-0.4, -0.2) is 45.8 Å². The van der Waals surface area contributed by atoms with Crippen molar-refractivity contribution < 1.29 is 20.4 Å². The molecule has 0 aliphatic heterocycles. The zero-order chi connectivity index (χ0) is 8.85. The van der Waals surface area contributed by atoms with Gasteiger partial charge in [0.05, 0.1) is 18.8 Å².